The molecule has 0 N–H and O–H groups in total. The molecule has 1 aromatic heterocycles. The third-order valence-electron chi connectivity index (χ3n) is 2.62. The van der Waals surface area contributed by atoms with Crippen molar-refractivity contribution in [2.45, 2.75) is 25.9 Å². The molecule has 1 atom stereocenters. The summed E-state index contributed by atoms with van der Waals surface area (Å²) in [5.74, 6) is -0.251. The highest BCUT2D eigenvalue weighted by Gasteiger charge is 2.27. The number of pyridine rings is 1. The summed E-state index contributed by atoms with van der Waals surface area (Å²) in [6.45, 7) is 5.18. The minimum absolute atomic E-state index is 0.169. The molecule has 78 valence electrons. The molecule has 3 nitrogen and oxygen atoms in total. The summed E-state index contributed by atoms with van der Waals surface area (Å²) in [5.41, 5.74) is 3.15. The molecule has 0 aromatic carbocycles. The maximum Gasteiger partial charge on any atom is 0.303 e. The number of rotatable bonds is 2. The van der Waals surface area contributed by atoms with Gasteiger partial charge in [-0.2, -0.15) is 0 Å². The van der Waals surface area contributed by atoms with Crippen molar-refractivity contribution in [3.05, 3.63) is 35.7 Å². The van der Waals surface area contributed by atoms with Gasteiger partial charge in [-0.05, 0) is 30.0 Å². The van der Waals surface area contributed by atoms with Crippen LogP contribution in [0.1, 0.15) is 36.3 Å². The van der Waals surface area contributed by atoms with Crippen LogP contribution in [-0.2, 0) is 16.0 Å². The number of ether oxygens (including phenoxy) is 1. The van der Waals surface area contributed by atoms with E-state index in [0.717, 1.165) is 24.1 Å². The lowest BCUT2D eigenvalue weighted by molar-refractivity contribution is -0.146. The molecule has 0 radical (unpaired) electrons. The quantitative estimate of drug-likeness (QED) is 0.692. The van der Waals surface area contributed by atoms with E-state index in [1.54, 1.807) is 6.20 Å². The molecule has 0 saturated heterocycles. The summed E-state index contributed by atoms with van der Waals surface area (Å²) in [7, 11) is 0. The van der Waals surface area contributed by atoms with Crippen LogP contribution in [0.4, 0.5) is 0 Å². The molecule has 1 aliphatic rings. The van der Waals surface area contributed by atoms with Crippen LogP contribution in [0.2, 0.25) is 0 Å². The number of fused-ring (bicyclic) bond motifs is 1. The molecule has 0 aliphatic heterocycles. The lowest BCUT2D eigenvalue weighted by Gasteiger charge is -2.10. The summed E-state index contributed by atoms with van der Waals surface area (Å²) in [4.78, 5) is 15.2. The van der Waals surface area contributed by atoms with Gasteiger partial charge in [-0.3, -0.25) is 9.78 Å². The van der Waals surface area contributed by atoms with Crippen molar-refractivity contribution in [3.8, 4) is 0 Å². The highest BCUT2D eigenvalue weighted by Crippen LogP contribution is 2.34. The Balaban J connectivity index is 2.34. The third kappa shape index (κ3) is 1.77. The summed E-state index contributed by atoms with van der Waals surface area (Å²) in [6, 6.07) is 1.93. The molecule has 1 unspecified atom stereocenters. The lowest BCUT2D eigenvalue weighted by Crippen LogP contribution is -2.06. The average Bonchev–Trinajstić information content (AvgIpc) is 2.61. The van der Waals surface area contributed by atoms with E-state index in [-0.39, 0.29) is 12.1 Å². The van der Waals surface area contributed by atoms with Gasteiger partial charge in [-0.1, -0.05) is 12.7 Å². The first-order valence-electron chi connectivity index (χ1n) is 5.00. The predicted octanol–water partition coefficient (Wildman–Crippen LogP) is 2.28. The van der Waals surface area contributed by atoms with Gasteiger partial charge in [-0.25, -0.2) is 0 Å². The molecule has 0 fully saturated rings. The fourth-order valence-electron chi connectivity index (χ4n) is 1.99. The predicted molar refractivity (Wildman–Crippen MR) is 57.2 cm³/mol. The number of nitrogens with zero attached hydrogens (tertiary/aromatic N) is 1. The molecule has 1 aromatic rings. The minimum Gasteiger partial charge on any atom is -0.456 e. The standard InChI is InChI=1S/C12H13NO2/c1-3-9-6-7-13-12-10(9)4-5-11(12)15-8(2)14/h3,6-7,11H,1,4-5H2,2H3. The van der Waals surface area contributed by atoms with Crippen LogP contribution < -0.4 is 0 Å². The van der Waals surface area contributed by atoms with Crippen molar-refractivity contribution < 1.29 is 9.53 Å². The summed E-state index contributed by atoms with van der Waals surface area (Å²) in [6.07, 6.45) is 5.11. The van der Waals surface area contributed by atoms with Gasteiger partial charge in [0.1, 0.15) is 6.10 Å². The topological polar surface area (TPSA) is 39.2 Å². The Morgan fingerprint density at radius 2 is 2.53 bits per heavy atom. The normalized spacial score (nSPS) is 18.3. The Bertz CT molecular complexity index is 412. The van der Waals surface area contributed by atoms with Gasteiger partial charge in [0.2, 0.25) is 0 Å². The van der Waals surface area contributed by atoms with Gasteiger partial charge < -0.3 is 4.74 Å². The van der Waals surface area contributed by atoms with E-state index in [9.17, 15) is 4.79 Å². The second-order valence-electron chi connectivity index (χ2n) is 3.60. The van der Waals surface area contributed by atoms with Gasteiger partial charge in [-0.15, -0.1) is 0 Å². The average molecular weight is 203 g/mol. The van der Waals surface area contributed by atoms with Gasteiger partial charge in [0, 0.05) is 13.1 Å². The molecule has 0 spiro atoms. The number of carbonyl (C=O) groups excluding carboxylic acids is 1. The van der Waals surface area contributed by atoms with Crippen LogP contribution in [0.25, 0.3) is 6.08 Å². The van der Waals surface area contributed by atoms with E-state index in [1.165, 1.54) is 12.5 Å². The Kier molecular flexibility index (Phi) is 2.54. The first kappa shape index (κ1) is 9.90. The van der Waals surface area contributed by atoms with Crippen molar-refractivity contribution in [1.29, 1.82) is 0 Å². The van der Waals surface area contributed by atoms with Crippen LogP contribution in [-0.4, -0.2) is 11.0 Å². The van der Waals surface area contributed by atoms with E-state index in [0.29, 0.717) is 0 Å². The summed E-state index contributed by atoms with van der Waals surface area (Å²) >= 11 is 0. The van der Waals surface area contributed by atoms with Crippen LogP contribution >= 0.6 is 0 Å². The molecule has 1 heterocycles. The van der Waals surface area contributed by atoms with Crippen molar-refractivity contribution >= 4 is 12.0 Å². The van der Waals surface area contributed by atoms with Crippen molar-refractivity contribution in [3.63, 3.8) is 0 Å². The molecule has 1 aliphatic carbocycles. The Hall–Kier alpha value is -1.64. The van der Waals surface area contributed by atoms with E-state index >= 15 is 0 Å². The van der Waals surface area contributed by atoms with Crippen molar-refractivity contribution in [1.82, 2.24) is 4.98 Å². The maximum atomic E-state index is 10.9. The molecule has 0 saturated carbocycles. The zero-order valence-electron chi connectivity index (χ0n) is 8.69. The third-order valence-corrected chi connectivity index (χ3v) is 2.62. The van der Waals surface area contributed by atoms with E-state index in [2.05, 4.69) is 11.6 Å². The molecule has 2 rings (SSSR count). The van der Waals surface area contributed by atoms with Gasteiger partial charge in [0.05, 0.1) is 5.69 Å². The first-order chi connectivity index (χ1) is 7.22. The maximum absolute atomic E-state index is 10.9. The largest absolute Gasteiger partial charge is 0.456 e. The molecule has 0 bridgehead atoms. The molecule has 0 amide bonds. The fraction of sp³-hybridized carbons (Fsp3) is 0.333. The van der Waals surface area contributed by atoms with Crippen molar-refractivity contribution in [2.24, 2.45) is 0 Å². The molecular weight excluding hydrogens is 190 g/mol. The number of hydrogen-bond acceptors (Lipinski definition) is 3. The Morgan fingerprint density at radius 3 is 3.20 bits per heavy atom. The fourth-order valence-corrected chi connectivity index (χ4v) is 1.99. The monoisotopic (exact) mass is 203 g/mol. The van der Waals surface area contributed by atoms with E-state index in [1.807, 2.05) is 12.1 Å². The molecule has 15 heavy (non-hydrogen) atoms. The Morgan fingerprint density at radius 1 is 1.73 bits per heavy atom. The van der Waals surface area contributed by atoms with Gasteiger partial charge >= 0.3 is 5.97 Å². The molecule has 3 heteroatoms. The first-order valence-corrected chi connectivity index (χ1v) is 5.00. The number of aromatic nitrogens is 1. The van der Waals surface area contributed by atoms with Crippen LogP contribution in [0.15, 0.2) is 18.8 Å². The number of hydrogen-bond donors (Lipinski definition) is 0. The van der Waals surface area contributed by atoms with Crippen LogP contribution in [0.5, 0.6) is 0 Å². The van der Waals surface area contributed by atoms with Crippen LogP contribution in [0.3, 0.4) is 0 Å². The summed E-state index contributed by atoms with van der Waals surface area (Å²) in [5, 5.41) is 0. The highest BCUT2D eigenvalue weighted by atomic mass is 16.5. The van der Waals surface area contributed by atoms with Gasteiger partial charge in [0.25, 0.3) is 0 Å². The SMILES string of the molecule is C=Cc1ccnc2c1CCC2OC(C)=O. The minimum atomic E-state index is -0.251. The second kappa shape index (κ2) is 3.85. The van der Waals surface area contributed by atoms with E-state index in [4.69, 9.17) is 4.74 Å². The van der Waals surface area contributed by atoms with Crippen LogP contribution in [0, 0.1) is 0 Å². The second-order valence-corrected chi connectivity index (χ2v) is 3.60. The lowest BCUT2D eigenvalue weighted by atomic mass is 10.1. The number of esters is 1. The smallest absolute Gasteiger partial charge is 0.303 e. The van der Waals surface area contributed by atoms with E-state index < -0.39 is 0 Å². The summed E-state index contributed by atoms with van der Waals surface area (Å²) < 4.78 is 5.20. The molecular formula is C12H13NO2. The Labute approximate surface area is 88.8 Å². The van der Waals surface area contributed by atoms with Crippen molar-refractivity contribution in [2.75, 3.05) is 0 Å². The number of carbonyl (C=O) groups is 1. The van der Waals surface area contributed by atoms with Gasteiger partial charge in [0.15, 0.2) is 0 Å². The zero-order valence-corrected chi connectivity index (χ0v) is 8.69. The highest BCUT2D eigenvalue weighted by molar-refractivity contribution is 5.66. The zero-order chi connectivity index (χ0) is 10.8.